The molecule has 1 amide bonds. The van der Waals surface area contributed by atoms with Crippen molar-refractivity contribution in [2.24, 2.45) is 5.10 Å². The number of nitrogens with zero attached hydrogens (tertiary/aromatic N) is 2. The van der Waals surface area contributed by atoms with Gasteiger partial charge in [-0.15, -0.1) is 0 Å². The lowest BCUT2D eigenvalue weighted by molar-refractivity contribution is 0.0958. The third-order valence-corrected chi connectivity index (χ3v) is 5.56. The number of nitrogen functional groups attached to an aromatic ring is 1. The maximum absolute atomic E-state index is 12.1. The zero-order valence-corrected chi connectivity index (χ0v) is 18.4. The maximum atomic E-state index is 12.1. The number of aryl methyl sites for hydroxylation is 1. The Hall–Kier alpha value is -2.81. The number of methoxy groups -OCH3 is 1. The highest BCUT2D eigenvalue weighted by molar-refractivity contribution is 7.17. The van der Waals surface area contributed by atoms with Crippen molar-refractivity contribution >= 4 is 51.8 Å². The van der Waals surface area contributed by atoms with E-state index >= 15 is 0 Å². The minimum atomic E-state index is -0.371. The molecule has 1 heterocycles. The van der Waals surface area contributed by atoms with Gasteiger partial charge in [-0.2, -0.15) is 5.10 Å². The quantitative estimate of drug-likeness (QED) is 0.390. The fourth-order valence-corrected chi connectivity index (χ4v) is 3.71. The molecule has 7 nitrogen and oxygen atoms in total. The van der Waals surface area contributed by atoms with Gasteiger partial charge in [-0.05, 0) is 42.8 Å². The third-order valence-electron chi connectivity index (χ3n) is 3.99. The second-order valence-corrected chi connectivity index (χ2v) is 7.97. The molecule has 0 bridgehead atoms. The van der Waals surface area contributed by atoms with E-state index in [1.54, 1.807) is 43.3 Å². The Kier molecular flexibility index (Phi) is 7.15. The van der Waals surface area contributed by atoms with Crippen molar-refractivity contribution in [2.45, 2.75) is 13.5 Å². The minimum absolute atomic E-state index is 0.257. The van der Waals surface area contributed by atoms with E-state index in [4.69, 9.17) is 38.4 Å². The monoisotopic (exact) mass is 464 g/mol. The molecule has 3 rings (SSSR count). The van der Waals surface area contributed by atoms with Gasteiger partial charge in [-0.1, -0.05) is 40.6 Å². The zero-order chi connectivity index (χ0) is 21.7. The topological polar surface area (TPSA) is 98.8 Å². The molecule has 156 valence electrons. The summed E-state index contributed by atoms with van der Waals surface area (Å²) in [4.78, 5) is 16.6. The summed E-state index contributed by atoms with van der Waals surface area (Å²) < 4.78 is 11.2. The van der Waals surface area contributed by atoms with Gasteiger partial charge in [0, 0.05) is 15.6 Å². The molecule has 3 N–H and O–H groups in total. The van der Waals surface area contributed by atoms with E-state index in [2.05, 4.69) is 15.5 Å². The average molecular weight is 465 g/mol. The van der Waals surface area contributed by atoms with Crippen LogP contribution in [0.25, 0.3) is 0 Å². The standard InChI is InChI=1S/C20H18Cl2N4O3S/c1-11-18(30-20(23)25-11)19(27)26-24-9-12-3-6-16(17(7-12)28-2)29-10-13-4-5-14(21)8-15(13)22/h3-9H,10H2,1-2H3,(H2,23,25)(H,26,27). The highest BCUT2D eigenvalue weighted by Crippen LogP contribution is 2.30. The molecule has 0 atom stereocenters. The fourth-order valence-electron chi connectivity index (χ4n) is 2.52. The van der Waals surface area contributed by atoms with Crippen LogP contribution in [0, 0.1) is 6.92 Å². The van der Waals surface area contributed by atoms with Gasteiger partial charge >= 0.3 is 0 Å². The fraction of sp³-hybridized carbons (Fsp3) is 0.150. The van der Waals surface area contributed by atoms with Gasteiger partial charge in [0.1, 0.15) is 11.5 Å². The van der Waals surface area contributed by atoms with Crippen LogP contribution >= 0.6 is 34.5 Å². The van der Waals surface area contributed by atoms with Crippen LogP contribution in [0.2, 0.25) is 10.0 Å². The lowest BCUT2D eigenvalue weighted by Gasteiger charge is -2.12. The zero-order valence-electron chi connectivity index (χ0n) is 16.1. The maximum Gasteiger partial charge on any atom is 0.283 e. The van der Waals surface area contributed by atoms with Crippen LogP contribution in [0.5, 0.6) is 11.5 Å². The molecule has 1 aromatic heterocycles. The molecule has 0 saturated carbocycles. The number of thiazole rings is 1. The van der Waals surface area contributed by atoms with Crippen molar-refractivity contribution in [2.75, 3.05) is 12.8 Å². The number of benzene rings is 2. The van der Waals surface area contributed by atoms with Crippen LogP contribution in [-0.4, -0.2) is 24.2 Å². The number of hydrazone groups is 1. The van der Waals surface area contributed by atoms with Crippen molar-refractivity contribution in [3.63, 3.8) is 0 Å². The number of carbonyl (C=O) groups is 1. The largest absolute Gasteiger partial charge is 0.493 e. The lowest BCUT2D eigenvalue weighted by atomic mass is 10.2. The molecule has 30 heavy (non-hydrogen) atoms. The van der Waals surface area contributed by atoms with Gasteiger partial charge in [-0.3, -0.25) is 4.79 Å². The van der Waals surface area contributed by atoms with E-state index in [1.807, 2.05) is 0 Å². The number of aromatic nitrogens is 1. The van der Waals surface area contributed by atoms with Crippen LogP contribution in [0.1, 0.15) is 26.5 Å². The molecule has 0 fully saturated rings. The predicted molar refractivity (Wildman–Crippen MR) is 120 cm³/mol. The summed E-state index contributed by atoms with van der Waals surface area (Å²) in [5, 5.41) is 5.40. The second-order valence-electron chi connectivity index (χ2n) is 6.10. The SMILES string of the molecule is COc1cc(C=NNC(=O)c2sc(N)nc2C)ccc1OCc1ccc(Cl)cc1Cl. The van der Waals surface area contributed by atoms with Crippen LogP contribution in [0.15, 0.2) is 41.5 Å². The van der Waals surface area contributed by atoms with Crippen molar-refractivity contribution < 1.29 is 14.3 Å². The number of anilines is 1. The minimum Gasteiger partial charge on any atom is -0.493 e. The molecule has 3 aromatic rings. The Balaban J connectivity index is 1.65. The summed E-state index contributed by atoms with van der Waals surface area (Å²) >= 11 is 13.2. The molecule has 0 aliphatic rings. The second kappa shape index (κ2) is 9.80. The number of nitrogens with two attached hydrogens (primary N) is 1. The van der Waals surface area contributed by atoms with Gasteiger partial charge in [0.2, 0.25) is 0 Å². The first-order valence-corrected chi connectivity index (χ1v) is 10.3. The number of nitrogens with one attached hydrogen (secondary N) is 1. The van der Waals surface area contributed by atoms with Gasteiger partial charge in [-0.25, -0.2) is 10.4 Å². The Labute approximate surface area is 187 Å². The summed E-state index contributed by atoms with van der Waals surface area (Å²) in [6.07, 6.45) is 1.50. The van der Waals surface area contributed by atoms with Crippen molar-refractivity contribution in [3.8, 4) is 11.5 Å². The number of ether oxygens (including phenoxy) is 2. The Morgan fingerprint density at radius 1 is 1.27 bits per heavy atom. The number of halogens is 2. The van der Waals surface area contributed by atoms with E-state index in [0.29, 0.717) is 42.8 Å². The van der Waals surface area contributed by atoms with E-state index in [1.165, 1.54) is 13.3 Å². The normalized spacial score (nSPS) is 10.9. The van der Waals surface area contributed by atoms with Gasteiger partial charge in [0.05, 0.1) is 19.0 Å². The number of hydrogen-bond acceptors (Lipinski definition) is 7. The number of hydrogen-bond donors (Lipinski definition) is 2. The van der Waals surface area contributed by atoms with Crippen LogP contribution in [0.3, 0.4) is 0 Å². The molecule has 0 aliphatic heterocycles. The van der Waals surface area contributed by atoms with E-state index < -0.39 is 0 Å². The van der Waals surface area contributed by atoms with Gasteiger partial charge in [0.25, 0.3) is 5.91 Å². The highest BCUT2D eigenvalue weighted by Gasteiger charge is 2.13. The molecule has 0 unspecified atom stereocenters. The summed E-state index contributed by atoms with van der Waals surface area (Å²) in [6.45, 7) is 1.97. The Bertz CT molecular complexity index is 1100. The van der Waals surface area contributed by atoms with Gasteiger partial charge in [0.15, 0.2) is 16.6 Å². The summed E-state index contributed by atoms with van der Waals surface area (Å²) in [7, 11) is 1.54. The van der Waals surface area contributed by atoms with Gasteiger partial charge < -0.3 is 15.2 Å². The van der Waals surface area contributed by atoms with E-state index in [-0.39, 0.29) is 12.5 Å². The highest BCUT2D eigenvalue weighted by atomic mass is 35.5. The summed E-state index contributed by atoms with van der Waals surface area (Å²) in [5.41, 5.74) is 10.1. The predicted octanol–water partition coefficient (Wildman–Crippen LogP) is 4.69. The molecule has 0 saturated heterocycles. The first-order chi connectivity index (χ1) is 14.4. The van der Waals surface area contributed by atoms with Crippen LogP contribution in [0.4, 0.5) is 5.13 Å². The molecule has 0 spiro atoms. The molecular weight excluding hydrogens is 447 g/mol. The summed E-state index contributed by atoms with van der Waals surface area (Å²) in [5.74, 6) is 0.687. The number of amides is 1. The number of carbonyl (C=O) groups excluding carboxylic acids is 1. The Morgan fingerprint density at radius 3 is 2.73 bits per heavy atom. The summed E-state index contributed by atoms with van der Waals surface area (Å²) in [6, 6.07) is 10.5. The molecule has 0 aliphatic carbocycles. The third kappa shape index (κ3) is 5.41. The van der Waals surface area contributed by atoms with E-state index in [0.717, 1.165) is 16.9 Å². The molecule has 2 aromatic carbocycles. The van der Waals surface area contributed by atoms with Crippen molar-refractivity contribution in [3.05, 3.63) is 68.1 Å². The molecular formula is C20H18Cl2N4O3S. The van der Waals surface area contributed by atoms with E-state index in [9.17, 15) is 4.79 Å². The Morgan fingerprint density at radius 2 is 2.07 bits per heavy atom. The smallest absolute Gasteiger partial charge is 0.283 e. The first kappa shape index (κ1) is 21.9. The average Bonchev–Trinajstić information content (AvgIpc) is 3.06. The van der Waals surface area contributed by atoms with Crippen molar-refractivity contribution in [1.82, 2.24) is 10.4 Å². The molecule has 10 heteroatoms. The first-order valence-electron chi connectivity index (χ1n) is 8.68. The lowest BCUT2D eigenvalue weighted by Crippen LogP contribution is -2.17. The van der Waals surface area contributed by atoms with Crippen molar-refractivity contribution in [1.29, 1.82) is 0 Å². The van der Waals surface area contributed by atoms with Crippen LogP contribution < -0.4 is 20.6 Å². The number of rotatable bonds is 7. The van der Waals surface area contributed by atoms with Crippen LogP contribution in [-0.2, 0) is 6.61 Å². The molecule has 0 radical (unpaired) electrons.